The highest BCUT2D eigenvalue weighted by Crippen LogP contribution is 2.32. The number of hydrogen-bond donors (Lipinski definition) is 2. The third-order valence-corrected chi connectivity index (χ3v) is 7.89. The van der Waals surface area contributed by atoms with Gasteiger partial charge in [0.25, 0.3) is 0 Å². The second-order valence-electron chi connectivity index (χ2n) is 8.08. The van der Waals surface area contributed by atoms with E-state index in [1.165, 1.54) is 31.0 Å². The van der Waals surface area contributed by atoms with Gasteiger partial charge < -0.3 is 19.5 Å². The van der Waals surface area contributed by atoms with Crippen molar-refractivity contribution in [2.75, 3.05) is 37.9 Å². The van der Waals surface area contributed by atoms with Gasteiger partial charge in [-0.2, -0.15) is 9.61 Å². The third kappa shape index (κ3) is 5.98. The van der Waals surface area contributed by atoms with E-state index in [1.807, 2.05) is 0 Å². The Bertz CT molecular complexity index is 1560. The van der Waals surface area contributed by atoms with Gasteiger partial charge in [-0.3, -0.25) is 4.79 Å². The molecule has 3 heterocycles. The molecule has 2 aromatic carbocycles. The molecule has 1 amide bonds. The molecule has 0 bridgehead atoms. The van der Waals surface area contributed by atoms with Crippen molar-refractivity contribution in [3.8, 4) is 17.2 Å². The number of carbonyl (C=O) groups is 1. The Labute approximate surface area is 222 Å². The van der Waals surface area contributed by atoms with E-state index >= 15 is 0 Å². The first-order valence-electron chi connectivity index (χ1n) is 11.6. The minimum absolute atomic E-state index is 0.103. The quantitative estimate of drug-likeness (QED) is 0.279. The molecule has 0 saturated heterocycles. The lowest BCUT2D eigenvalue weighted by atomic mass is 10.2. The molecule has 5 rings (SSSR count). The fraction of sp³-hybridized carbons (Fsp3) is 0.250. The number of benzene rings is 2. The summed E-state index contributed by atoms with van der Waals surface area (Å²) in [5.74, 6) is 2.23. The fourth-order valence-corrected chi connectivity index (χ4v) is 5.33. The van der Waals surface area contributed by atoms with Crippen molar-refractivity contribution < 1.29 is 27.4 Å². The number of hydrogen-bond acceptors (Lipinski definition) is 10. The van der Waals surface area contributed by atoms with Crippen LogP contribution in [-0.2, 0) is 21.2 Å². The summed E-state index contributed by atoms with van der Waals surface area (Å²) < 4.78 is 45.3. The summed E-state index contributed by atoms with van der Waals surface area (Å²) in [6.45, 7) is 1.07. The molecule has 12 nitrogen and oxygen atoms in total. The van der Waals surface area contributed by atoms with E-state index in [0.717, 1.165) is 0 Å². The zero-order valence-corrected chi connectivity index (χ0v) is 21.9. The van der Waals surface area contributed by atoms with E-state index < -0.39 is 10.0 Å². The van der Waals surface area contributed by atoms with Crippen LogP contribution in [0, 0.1) is 0 Å². The maximum absolute atomic E-state index is 12.6. The average molecular weight is 557 g/mol. The van der Waals surface area contributed by atoms with Crippen molar-refractivity contribution in [2.24, 2.45) is 0 Å². The minimum Gasteiger partial charge on any atom is -0.497 e. The Morgan fingerprint density at radius 3 is 2.63 bits per heavy atom. The Kier molecular flexibility index (Phi) is 7.62. The minimum atomic E-state index is -3.70. The third-order valence-electron chi connectivity index (χ3n) is 5.49. The molecule has 198 valence electrons. The van der Waals surface area contributed by atoms with Crippen LogP contribution in [0.1, 0.15) is 5.82 Å². The van der Waals surface area contributed by atoms with Crippen molar-refractivity contribution in [2.45, 2.75) is 16.3 Å². The van der Waals surface area contributed by atoms with Crippen molar-refractivity contribution in [3.05, 3.63) is 60.4 Å². The van der Waals surface area contributed by atoms with Crippen LogP contribution in [0.25, 0.3) is 5.65 Å². The molecule has 0 radical (unpaired) electrons. The SMILES string of the molecule is COc1ccc(S(=O)(=O)NCCc2nnc3ccc(SCC(=O)Nc4ccc5c(c4)OCCO5)nn23)cc1. The summed E-state index contributed by atoms with van der Waals surface area (Å²) in [7, 11) is -2.18. The van der Waals surface area contributed by atoms with Gasteiger partial charge in [0.15, 0.2) is 23.0 Å². The maximum Gasteiger partial charge on any atom is 0.240 e. The molecule has 0 atom stereocenters. The van der Waals surface area contributed by atoms with E-state index in [1.54, 1.807) is 47.0 Å². The van der Waals surface area contributed by atoms with E-state index in [4.69, 9.17) is 14.2 Å². The molecule has 2 N–H and O–H groups in total. The second kappa shape index (κ2) is 11.2. The van der Waals surface area contributed by atoms with Gasteiger partial charge in [-0.1, -0.05) is 11.8 Å². The van der Waals surface area contributed by atoms with Gasteiger partial charge >= 0.3 is 0 Å². The molecule has 0 unspecified atom stereocenters. The number of nitrogens with one attached hydrogen (secondary N) is 2. The highest BCUT2D eigenvalue weighted by molar-refractivity contribution is 7.99. The number of methoxy groups -OCH3 is 1. The van der Waals surface area contributed by atoms with Crippen molar-refractivity contribution >= 4 is 39.0 Å². The molecule has 4 aromatic rings. The number of anilines is 1. The highest BCUT2D eigenvalue weighted by atomic mass is 32.2. The molecule has 2 aromatic heterocycles. The zero-order valence-electron chi connectivity index (χ0n) is 20.3. The first-order valence-corrected chi connectivity index (χ1v) is 14.1. The van der Waals surface area contributed by atoms with Gasteiger partial charge in [0.2, 0.25) is 15.9 Å². The van der Waals surface area contributed by atoms with Gasteiger partial charge in [-0.05, 0) is 48.5 Å². The number of nitrogens with zero attached hydrogens (tertiary/aromatic N) is 4. The van der Waals surface area contributed by atoms with E-state index in [0.29, 0.717) is 52.6 Å². The standard InChI is InChI=1S/C24H24N6O6S2/c1-34-17-3-5-18(6-4-17)38(32,33)25-11-10-22-28-27-21-8-9-24(29-30(21)22)37-15-23(31)26-16-2-7-19-20(14-16)36-13-12-35-19/h2-9,14,25H,10-13,15H2,1H3,(H,26,31). The van der Waals surface area contributed by atoms with Crippen molar-refractivity contribution in [3.63, 3.8) is 0 Å². The van der Waals surface area contributed by atoms with Gasteiger partial charge in [-0.15, -0.1) is 10.2 Å². The van der Waals surface area contributed by atoms with Crippen LogP contribution in [0.2, 0.25) is 0 Å². The zero-order chi connectivity index (χ0) is 26.5. The Hall–Kier alpha value is -3.88. The number of ether oxygens (including phenoxy) is 3. The lowest BCUT2D eigenvalue weighted by Crippen LogP contribution is -2.26. The topological polar surface area (TPSA) is 146 Å². The molecule has 1 aliphatic heterocycles. The smallest absolute Gasteiger partial charge is 0.240 e. The molecule has 0 fully saturated rings. The number of rotatable bonds is 10. The van der Waals surface area contributed by atoms with Crippen LogP contribution < -0.4 is 24.2 Å². The largest absolute Gasteiger partial charge is 0.497 e. The summed E-state index contributed by atoms with van der Waals surface area (Å²) in [4.78, 5) is 12.6. The first kappa shape index (κ1) is 25.8. The van der Waals surface area contributed by atoms with Crippen LogP contribution in [-0.4, -0.2) is 66.8 Å². The normalized spacial score (nSPS) is 12.9. The van der Waals surface area contributed by atoms with Crippen molar-refractivity contribution in [1.29, 1.82) is 0 Å². The number of amides is 1. The molecule has 38 heavy (non-hydrogen) atoms. The molecule has 0 spiro atoms. The summed E-state index contributed by atoms with van der Waals surface area (Å²) in [6.07, 6.45) is 0.266. The number of fused-ring (bicyclic) bond motifs is 2. The lowest BCUT2D eigenvalue weighted by Gasteiger charge is -2.18. The van der Waals surface area contributed by atoms with Gasteiger partial charge in [0, 0.05) is 24.7 Å². The Balaban J connectivity index is 1.17. The number of aromatic nitrogens is 4. The Morgan fingerprint density at radius 1 is 1.05 bits per heavy atom. The van der Waals surface area contributed by atoms with Gasteiger partial charge in [0.1, 0.15) is 24.0 Å². The van der Waals surface area contributed by atoms with E-state index in [9.17, 15) is 13.2 Å². The van der Waals surface area contributed by atoms with Crippen molar-refractivity contribution in [1.82, 2.24) is 24.5 Å². The Morgan fingerprint density at radius 2 is 1.84 bits per heavy atom. The average Bonchev–Trinajstić information content (AvgIpc) is 3.34. The maximum atomic E-state index is 12.6. The summed E-state index contributed by atoms with van der Waals surface area (Å²) >= 11 is 1.25. The summed E-state index contributed by atoms with van der Waals surface area (Å²) in [6, 6.07) is 14.9. The molecule has 14 heteroatoms. The van der Waals surface area contributed by atoms with E-state index in [-0.39, 0.29) is 29.5 Å². The number of carbonyl (C=O) groups excluding carboxylic acids is 1. The highest BCUT2D eigenvalue weighted by Gasteiger charge is 2.16. The summed E-state index contributed by atoms with van der Waals surface area (Å²) in [5, 5.41) is 16.2. The number of sulfonamides is 1. The molecule has 1 aliphatic rings. The van der Waals surface area contributed by atoms with Crippen LogP contribution in [0.3, 0.4) is 0 Å². The molecular weight excluding hydrogens is 532 g/mol. The molecular formula is C24H24N6O6S2. The molecule has 0 aliphatic carbocycles. The van der Waals surface area contributed by atoms with Crippen LogP contribution >= 0.6 is 11.8 Å². The van der Waals surface area contributed by atoms with Gasteiger partial charge in [0.05, 0.1) is 17.8 Å². The van der Waals surface area contributed by atoms with Crippen LogP contribution in [0.4, 0.5) is 5.69 Å². The van der Waals surface area contributed by atoms with Gasteiger partial charge in [-0.25, -0.2) is 13.1 Å². The predicted octanol–water partition coefficient (Wildman–Crippen LogP) is 2.16. The van der Waals surface area contributed by atoms with Crippen LogP contribution in [0.15, 0.2) is 64.5 Å². The first-order chi connectivity index (χ1) is 18.4. The lowest BCUT2D eigenvalue weighted by molar-refractivity contribution is -0.113. The van der Waals surface area contributed by atoms with Crippen LogP contribution in [0.5, 0.6) is 17.2 Å². The predicted molar refractivity (Wildman–Crippen MR) is 139 cm³/mol. The summed E-state index contributed by atoms with van der Waals surface area (Å²) in [5.41, 5.74) is 1.13. The molecule has 0 saturated carbocycles. The second-order valence-corrected chi connectivity index (χ2v) is 10.8. The van der Waals surface area contributed by atoms with E-state index in [2.05, 4.69) is 25.3 Å². The fourth-order valence-electron chi connectivity index (χ4n) is 3.64. The monoisotopic (exact) mass is 556 g/mol. The number of thioether (sulfide) groups is 1.